The SMILES string of the molecule is CC(O)c1cc(N)cc(C(=O)O)c1. The van der Waals surface area contributed by atoms with Gasteiger partial charge in [-0.15, -0.1) is 0 Å². The van der Waals surface area contributed by atoms with Gasteiger partial charge in [0.05, 0.1) is 11.7 Å². The van der Waals surface area contributed by atoms with Crippen molar-refractivity contribution in [2.75, 3.05) is 5.73 Å². The van der Waals surface area contributed by atoms with Crippen LogP contribution in [0, 0.1) is 0 Å². The number of hydrogen-bond acceptors (Lipinski definition) is 3. The Bertz CT molecular complexity index is 334. The van der Waals surface area contributed by atoms with Gasteiger partial charge in [0.1, 0.15) is 0 Å². The third-order valence-electron chi connectivity index (χ3n) is 1.71. The standard InChI is InChI=1S/C9H11NO3/c1-5(11)6-2-7(9(12)13)4-8(10)3-6/h2-5,11H,10H2,1H3,(H,12,13). The first-order valence-electron chi connectivity index (χ1n) is 3.82. The summed E-state index contributed by atoms with van der Waals surface area (Å²) in [6.45, 7) is 1.56. The van der Waals surface area contributed by atoms with Crippen molar-refractivity contribution in [2.45, 2.75) is 13.0 Å². The molecule has 0 aliphatic rings. The van der Waals surface area contributed by atoms with Crippen LogP contribution in [0.3, 0.4) is 0 Å². The van der Waals surface area contributed by atoms with Crippen molar-refractivity contribution in [3.05, 3.63) is 29.3 Å². The number of aliphatic hydroxyl groups excluding tert-OH is 1. The molecule has 13 heavy (non-hydrogen) atoms. The molecule has 4 N–H and O–H groups in total. The topological polar surface area (TPSA) is 83.5 Å². The maximum absolute atomic E-state index is 10.6. The molecule has 0 heterocycles. The summed E-state index contributed by atoms with van der Waals surface area (Å²) in [7, 11) is 0. The van der Waals surface area contributed by atoms with E-state index in [1.54, 1.807) is 13.0 Å². The predicted octanol–water partition coefficient (Wildman–Crippen LogP) is 1.02. The number of hydrogen-bond donors (Lipinski definition) is 3. The van der Waals surface area contributed by atoms with E-state index < -0.39 is 12.1 Å². The van der Waals surface area contributed by atoms with E-state index >= 15 is 0 Å². The van der Waals surface area contributed by atoms with E-state index in [2.05, 4.69) is 0 Å². The molecule has 0 radical (unpaired) electrons. The second-order valence-electron chi connectivity index (χ2n) is 2.87. The summed E-state index contributed by atoms with van der Waals surface area (Å²) in [4.78, 5) is 10.6. The average Bonchev–Trinajstić information content (AvgIpc) is 2.03. The van der Waals surface area contributed by atoms with Gasteiger partial charge >= 0.3 is 5.97 Å². The van der Waals surface area contributed by atoms with Crippen molar-refractivity contribution in [1.82, 2.24) is 0 Å². The van der Waals surface area contributed by atoms with Crippen molar-refractivity contribution in [3.8, 4) is 0 Å². The minimum absolute atomic E-state index is 0.0934. The first-order chi connectivity index (χ1) is 6.00. The Kier molecular flexibility index (Phi) is 2.53. The number of carbonyl (C=O) groups is 1. The van der Waals surface area contributed by atoms with E-state index in [1.165, 1.54) is 12.1 Å². The maximum atomic E-state index is 10.6. The zero-order valence-electron chi connectivity index (χ0n) is 7.19. The molecule has 0 aromatic heterocycles. The van der Waals surface area contributed by atoms with Gasteiger partial charge in [0.15, 0.2) is 0 Å². The maximum Gasteiger partial charge on any atom is 0.335 e. The van der Waals surface area contributed by atoms with Crippen LogP contribution in [-0.2, 0) is 0 Å². The molecular formula is C9H11NO3. The van der Waals surface area contributed by atoms with Gasteiger partial charge in [0, 0.05) is 5.69 Å². The van der Waals surface area contributed by atoms with Crippen molar-refractivity contribution >= 4 is 11.7 Å². The Labute approximate surface area is 75.6 Å². The summed E-state index contributed by atoms with van der Waals surface area (Å²) >= 11 is 0. The number of carboxylic acid groups (broad SMARTS) is 1. The third-order valence-corrected chi connectivity index (χ3v) is 1.71. The lowest BCUT2D eigenvalue weighted by molar-refractivity contribution is 0.0696. The number of nitrogen functional groups attached to an aromatic ring is 1. The highest BCUT2D eigenvalue weighted by Gasteiger charge is 2.08. The van der Waals surface area contributed by atoms with Crippen LogP contribution in [-0.4, -0.2) is 16.2 Å². The molecule has 4 nitrogen and oxygen atoms in total. The van der Waals surface area contributed by atoms with Crippen molar-refractivity contribution in [3.63, 3.8) is 0 Å². The Hall–Kier alpha value is -1.55. The molecule has 1 atom stereocenters. The summed E-state index contributed by atoms with van der Waals surface area (Å²) in [6.07, 6.45) is -0.707. The van der Waals surface area contributed by atoms with E-state index in [9.17, 15) is 9.90 Å². The summed E-state index contributed by atoms with van der Waals surface area (Å²) in [5, 5.41) is 17.9. The van der Waals surface area contributed by atoms with Gasteiger partial charge in [0.25, 0.3) is 0 Å². The molecule has 0 spiro atoms. The quantitative estimate of drug-likeness (QED) is 0.595. The van der Waals surface area contributed by atoms with Crippen LogP contribution in [0.4, 0.5) is 5.69 Å². The fourth-order valence-corrected chi connectivity index (χ4v) is 1.04. The summed E-state index contributed by atoms with van der Waals surface area (Å²) in [5.41, 5.74) is 6.41. The van der Waals surface area contributed by atoms with Crippen LogP contribution < -0.4 is 5.73 Å². The van der Waals surface area contributed by atoms with Crippen LogP contribution in [0.15, 0.2) is 18.2 Å². The summed E-state index contributed by atoms with van der Waals surface area (Å²) in [5.74, 6) is -1.05. The van der Waals surface area contributed by atoms with E-state index in [4.69, 9.17) is 10.8 Å². The highest BCUT2D eigenvalue weighted by molar-refractivity contribution is 5.89. The van der Waals surface area contributed by atoms with Crippen LogP contribution >= 0.6 is 0 Å². The summed E-state index contributed by atoms with van der Waals surface area (Å²) in [6, 6.07) is 4.31. The molecule has 1 unspecified atom stereocenters. The zero-order chi connectivity index (χ0) is 10.0. The monoisotopic (exact) mass is 181 g/mol. The largest absolute Gasteiger partial charge is 0.478 e. The van der Waals surface area contributed by atoms with Gasteiger partial charge in [-0.2, -0.15) is 0 Å². The first kappa shape index (κ1) is 9.54. The second kappa shape index (κ2) is 3.45. The Morgan fingerprint density at radius 2 is 2.08 bits per heavy atom. The van der Waals surface area contributed by atoms with E-state index in [1.807, 2.05) is 0 Å². The Morgan fingerprint density at radius 1 is 1.46 bits per heavy atom. The molecule has 0 fully saturated rings. The minimum atomic E-state index is -1.05. The smallest absolute Gasteiger partial charge is 0.335 e. The lowest BCUT2D eigenvalue weighted by atomic mass is 10.1. The van der Waals surface area contributed by atoms with Crippen molar-refractivity contribution < 1.29 is 15.0 Å². The van der Waals surface area contributed by atoms with Gasteiger partial charge in [0.2, 0.25) is 0 Å². The number of aromatic carboxylic acids is 1. The first-order valence-corrected chi connectivity index (χ1v) is 3.82. The Balaban J connectivity index is 3.19. The van der Waals surface area contributed by atoms with Crippen LogP contribution in [0.1, 0.15) is 28.9 Å². The number of rotatable bonds is 2. The lowest BCUT2D eigenvalue weighted by Crippen LogP contribution is -2.01. The van der Waals surface area contributed by atoms with Gasteiger partial charge in [-0.05, 0) is 30.7 Å². The molecule has 4 heteroatoms. The lowest BCUT2D eigenvalue weighted by Gasteiger charge is -2.06. The highest BCUT2D eigenvalue weighted by atomic mass is 16.4. The van der Waals surface area contributed by atoms with E-state index in [-0.39, 0.29) is 5.56 Å². The Morgan fingerprint density at radius 3 is 2.54 bits per heavy atom. The van der Waals surface area contributed by atoms with Gasteiger partial charge < -0.3 is 15.9 Å². The molecule has 1 aromatic carbocycles. The molecule has 70 valence electrons. The number of carboxylic acids is 1. The van der Waals surface area contributed by atoms with Crippen LogP contribution in [0.2, 0.25) is 0 Å². The van der Waals surface area contributed by atoms with Crippen LogP contribution in [0.25, 0.3) is 0 Å². The van der Waals surface area contributed by atoms with Gasteiger partial charge in [-0.25, -0.2) is 4.79 Å². The number of nitrogens with two attached hydrogens (primary N) is 1. The number of benzene rings is 1. The fourth-order valence-electron chi connectivity index (χ4n) is 1.04. The normalized spacial score (nSPS) is 12.5. The third kappa shape index (κ3) is 2.19. The van der Waals surface area contributed by atoms with Crippen molar-refractivity contribution in [1.29, 1.82) is 0 Å². The van der Waals surface area contributed by atoms with Crippen molar-refractivity contribution in [2.24, 2.45) is 0 Å². The molecule has 1 aromatic rings. The van der Waals surface area contributed by atoms with Gasteiger partial charge in [-0.3, -0.25) is 0 Å². The molecule has 0 saturated carbocycles. The number of aliphatic hydroxyl groups is 1. The predicted molar refractivity (Wildman–Crippen MR) is 48.4 cm³/mol. The molecule has 0 aliphatic heterocycles. The molecule has 0 bridgehead atoms. The minimum Gasteiger partial charge on any atom is -0.478 e. The second-order valence-corrected chi connectivity index (χ2v) is 2.87. The van der Waals surface area contributed by atoms with Crippen LogP contribution in [0.5, 0.6) is 0 Å². The fraction of sp³-hybridized carbons (Fsp3) is 0.222. The average molecular weight is 181 g/mol. The number of anilines is 1. The van der Waals surface area contributed by atoms with Gasteiger partial charge in [-0.1, -0.05) is 0 Å². The molecule has 0 saturated heterocycles. The molecular weight excluding hydrogens is 170 g/mol. The summed E-state index contributed by atoms with van der Waals surface area (Å²) < 4.78 is 0. The zero-order valence-corrected chi connectivity index (χ0v) is 7.19. The molecule has 1 rings (SSSR count). The highest BCUT2D eigenvalue weighted by Crippen LogP contribution is 2.18. The molecule has 0 amide bonds. The van der Waals surface area contributed by atoms with E-state index in [0.29, 0.717) is 11.3 Å². The van der Waals surface area contributed by atoms with E-state index in [0.717, 1.165) is 0 Å². The molecule has 0 aliphatic carbocycles.